The van der Waals surface area contributed by atoms with Gasteiger partial charge in [-0.05, 0) is 47.9 Å². The largest absolute Gasteiger partial charge is 0.493 e. The number of hydrogen-bond donors (Lipinski definition) is 1. The summed E-state index contributed by atoms with van der Waals surface area (Å²) in [5.74, 6) is 2.36. The van der Waals surface area contributed by atoms with Gasteiger partial charge in [-0.25, -0.2) is 0 Å². The third-order valence-electron chi connectivity index (χ3n) is 4.37. The topological polar surface area (TPSA) is 66.0 Å². The Hall–Kier alpha value is -3.15. The minimum Gasteiger partial charge on any atom is -0.493 e. The molecule has 0 saturated carbocycles. The van der Waals surface area contributed by atoms with Gasteiger partial charge in [0.1, 0.15) is 0 Å². The van der Waals surface area contributed by atoms with Crippen molar-refractivity contribution >= 4 is 12.0 Å². The smallest absolute Gasteiger partial charge is 0.244 e. The Balaban J connectivity index is 2.11. The molecule has 1 amide bonds. The first-order valence-corrected chi connectivity index (χ1v) is 8.98. The van der Waals surface area contributed by atoms with E-state index in [-0.39, 0.29) is 11.9 Å². The molecule has 0 aliphatic heterocycles. The molecule has 6 heteroatoms. The average Bonchev–Trinajstić information content (AvgIpc) is 2.75. The van der Waals surface area contributed by atoms with Crippen molar-refractivity contribution in [2.75, 3.05) is 28.4 Å². The van der Waals surface area contributed by atoms with Crippen LogP contribution in [0.15, 0.2) is 42.5 Å². The Bertz CT molecular complexity index is 832. The zero-order valence-electron chi connectivity index (χ0n) is 16.9. The summed E-state index contributed by atoms with van der Waals surface area (Å²) in [6.07, 6.45) is 3.98. The number of carbonyl (C=O) groups is 1. The van der Waals surface area contributed by atoms with E-state index in [9.17, 15) is 4.79 Å². The molecule has 0 aromatic heterocycles. The van der Waals surface area contributed by atoms with Crippen LogP contribution in [0.4, 0.5) is 0 Å². The fourth-order valence-electron chi connectivity index (χ4n) is 2.84. The van der Waals surface area contributed by atoms with Gasteiger partial charge in [-0.15, -0.1) is 0 Å². The van der Waals surface area contributed by atoms with Crippen molar-refractivity contribution in [3.63, 3.8) is 0 Å². The normalized spacial score (nSPS) is 11.8. The standard InChI is InChI=1S/C22H27NO5/c1-6-17(16-9-11-19(26-3)21(14-16)28-5)23-22(24)12-8-15-7-10-18(25-2)20(13-15)27-4/h7-14,17H,6H2,1-5H3,(H,23,24)/b12-8+/t17-/m0/s1. The number of methoxy groups -OCH3 is 4. The third-order valence-corrected chi connectivity index (χ3v) is 4.37. The number of nitrogens with one attached hydrogen (secondary N) is 1. The molecule has 2 aromatic rings. The molecule has 28 heavy (non-hydrogen) atoms. The fourth-order valence-corrected chi connectivity index (χ4v) is 2.84. The van der Waals surface area contributed by atoms with Gasteiger partial charge in [0.25, 0.3) is 0 Å². The average molecular weight is 385 g/mol. The molecule has 1 N–H and O–H groups in total. The van der Waals surface area contributed by atoms with E-state index in [0.29, 0.717) is 23.0 Å². The van der Waals surface area contributed by atoms with E-state index in [1.165, 1.54) is 6.08 Å². The summed E-state index contributed by atoms with van der Waals surface area (Å²) in [5.41, 5.74) is 1.79. The zero-order valence-corrected chi connectivity index (χ0v) is 16.9. The Morgan fingerprint density at radius 1 is 0.893 bits per heavy atom. The Morgan fingerprint density at radius 2 is 1.46 bits per heavy atom. The van der Waals surface area contributed by atoms with Crippen LogP contribution in [0.2, 0.25) is 0 Å². The molecular weight excluding hydrogens is 358 g/mol. The monoisotopic (exact) mass is 385 g/mol. The molecule has 0 heterocycles. The molecule has 0 aliphatic rings. The van der Waals surface area contributed by atoms with Crippen LogP contribution in [0.1, 0.15) is 30.5 Å². The van der Waals surface area contributed by atoms with Gasteiger partial charge in [0.2, 0.25) is 5.91 Å². The Morgan fingerprint density at radius 3 is 2.04 bits per heavy atom. The molecule has 2 aromatic carbocycles. The summed E-state index contributed by atoms with van der Waals surface area (Å²) < 4.78 is 21.1. The highest BCUT2D eigenvalue weighted by Gasteiger charge is 2.14. The lowest BCUT2D eigenvalue weighted by Gasteiger charge is -2.18. The maximum atomic E-state index is 12.4. The van der Waals surface area contributed by atoms with E-state index < -0.39 is 0 Å². The number of rotatable bonds is 9. The molecule has 0 radical (unpaired) electrons. The van der Waals surface area contributed by atoms with Crippen molar-refractivity contribution in [1.82, 2.24) is 5.32 Å². The van der Waals surface area contributed by atoms with Crippen molar-refractivity contribution < 1.29 is 23.7 Å². The van der Waals surface area contributed by atoms with Gasteiger partial charge in [0, 0.05) is 6.08 Å². The summed E-state index contributed by atoms with van der Waals surface area (Å²) >= 11 is 0. The van der Waals surface area contributed by atoms with Gasteiger partial charge in [-0.2, -0.15) is 0 Å². The van der Waals surface area contributed by atoms with E-state index in [4.69, 9.17) is 18.9 Å². The number of amides is 1. The molecule has 0 spiro atoms. The SMILES string of the molecule is CC[C@H](NC(=O)/C=C/c1ccc(OC)c(OC)c1)c1ccc(OC)c(OC)c1. The lowest BCUT2D eigenvalue weighted by atomic mass is 10.0. The lowest BCUT2D eigenvalue weighted by Crippen LogP contribution is -2.26. The zero-order chi connectivity index (χ0) is 20.5. The predicted octanol–water partition coefficient (Wildman–Crippen LogP) is 4.00. The molecule has 0 aliphatic carbocycles. The quantitative estimate of drug-likeness (QED) is 0.661. The molecule has 2 rings (SSSR count). The highest BCUT2D eigenvalue weighted by atomic mass is 16.5. The summed E-state index contributed by atoms with van der Waals surface area (Å²) in [5, 5.41) is 3.02. The molecule has 0 unspecified atom stereocenters. The van der Waals surface area contributed by atoms with Gasteiger partial charge in [-0.1, -0.05) is 19.1 Å². The molecule has 6 nitrogen and oxygen atoms in total. The number of hydrogen-bond acceptors (Lipinski definition) is 5. The number of benzene rings is 2. The van der Waals surface area contributed by atoms with Crippen LogP contribution < -0.4 is 24.3 Å². The number of ether oxygens (including phenoxy) is 4. The van der Waals surface area contributed by atoms with E-state index in [1.807, 2.05) is 37.3 Å². The highest BCUT2D eigenvalue weighted by molar-refractivity contribution is 5.92. The van der Waals surface area contributed by atoms with Gasteiger partial charge in [0.15, 0.2) is 23.0 Å². The maximum absolute atomic E-state index is 12.4. The van der Waals surface area contributed by atoms with E-state index in [2.05, 4.69) is 5.32 Å². The van der Waals surface area contributed by atoms with Gasteiger partial charge in [0.05, 0.1) is 34.5 Å². The second-order valence-corrected chi connectivity index (χ2v) is 6.03. The van der Waals surface area contributed by atoms with Crippen LogP contribution in [-0.4, -0.2) is 34.3 Å². The van der Waals surface area contributed by atoms with E-state index in [1.54, 1.807) is 40.6 Å². The second-order valence-electron chi connectivity index (χ2n) is 6.03. The van der Waals surface area contributed by atoms with Crippen LogP contribution in [0, 0.1) is 0 Å². The summed E-state index contributed by atoms with van der Waals surface area (Å²) in [7, 11) is 6.34. The second kappa shape index (κ2) is 10.3. The first kappa shape index (κ1) is 21.2. The molecule has 150 valence electrons. The van der Waals surface area contributed by atoms with Crippen molar-refractivity contribution in [3.8, 4) is 23.0 Å². The molecule has 0 bridgehead atoms. The minimum absolute atomic E-state index is 0.137. The van der Waals surface area contributed by atoms with Gasteiger partial charge in [-0.3, -0.25) is 4.79 Å². The predicted molar refractivity (Wildman–Crippen MR) is 109 cm³/mol. The number of carbonyl (C=O) groups excluding carboxylic acids is 1. The lowest BCUT2D eigenvalue weighted by molar-refractivity contribution is -0.117. The Labute approximate surface area is 166 Å². The molecule has 0 saturated heterocycles. The summed E-state index contributed by atoms with van der Waals surface area (Å²) in [6, 6.07) is 11.0. The highest BCUT2D eigenvalue weighted by Crippen LogP contribution is 2.31. The van der Waals surface area contributed by atoms with Crippen LogP contribution >= 0.6 is 0 Å². The minimum atomic E-state index is -0.184. The first-order chi connectivity index (χ1) is 13.6. The van der Waals surface area contributed by atoms with Crippen LogP contribution in [0.5, 0.6) is 23.0 Å². The third kappa shape index (κ3) is 5.19. The fraction of sp³-hybridized carbons (Fsp3) is 0.318. The van der Waals surface area contributed by atoms with Crippen LogP contribution in [0.25, 0.3) is 6.08 Å². The van der Waals surface area contributed by atoms with Crippen molar-refractivity contribution in [2.45, 2.75) is 19.4 Å². The van der Waals surface area contributed by atoms with Crippen LogP contribution in [0.3, 0.4) is 0 Å². The van der Waals surface area contributed by atoms with Crippen molar-refractivity contribution in [1.29, 1.82) is 0 Å². The van der Waals surface area contributed by atoms with Gasteiger partial charge >= 0.3 is 0 Å². The van der Waals surface area contributed by atoms with E-state index in [0.717, 1.165) is 17.5 Å². The molecule has 0 fully saturated rings. The molecule has 1 atom stereocenters. The summed E-state index contributed by atoms with van der Waals surface area (Å²) in [6.45, 7) is 2.01. The van der Waals surface area contributed by atoms with Crippen molar-refractivity contribution in [2.24, 2.45) is 0 Å². The Kier molecular flexibility index (Phi) is 7.75. The summed E-state index contributed by atoms with van der Waals surface area (Å²) in [4.78, 5) is 12.4. The molecular formula is C22H27NO5. The maximum Gasteiger partial charge on any atom is 0.244 e. The van der Waals surface area contributed by atoms with Crippen molar-refractivity contribution in [3.05, 3.63) is 53.6 Å². The van der Waals surface area contributed by atoms with Gasteiger partial charge < -0.3 is 24.3 Å². The first-order valence-electron chi connectivity index (χ1n) is 8.98. The van der Waals surface area contributed by atoms with Crippen LogP contribution in [-0.2, 0) is 4.79 Å². The van der Waals surface area contributed by atoms with E-state index >= 15 is 0 Å².